The number of sulfone groups is 1. The number of aromatic amines is 1. The fourth-order valence-corrected chi connectivity index (χ4v) is 3.63. The van der Waals surface area contributed by atoms with E-state index in [1.807, 2.05) is 0 Å². The summed E-state index contributed by atoms with van der Waals surface area (Å²) in [7, 11) is -3.52. The maximum atomic E-state index is 13.1. The van der Waals surface area contributed by atoms with Crippen molar-refractivity contribution >= 4 is 21.7 Å². The molecular weight excluding hydrogens is 385 g/mol. The van der Waals surface area contributed by atoms with Gasteiger partial charge in [0.25, 0.3) is 5.56 Å². The summed E-state index contributed by atoms with van der Waals surface area (Å²) in [5, 5.41) is 11.7. The maximum Gasteiger partial charge on any atom is 0.280 e. The van der Waals surface area contributed by atoms with Crippen LogP contribution in [0.3, 0.4) is 0 Å². The van der Waals surface area contributed by atoms with E-state index in [4.69, 9.17) is 5.11 Å². The zero-order valence-corrected chi connectivity index (χ0v) is 15.8. The minimum Gasteiger partial charge on any atom is -0.395 e. The van der Waals surface area contributed by atoms with E-state index in [1.54, 1.807) is 6.92 Å². The molecule has 0 atom stereocenters. The Balaban J connectivity index is 1.87. The fourth-order valence-electron chi connectivity index (χ4n) is 2.60. The first kappa shape index (κ1) is 19.7. The molecule has 0 saturated carbocycles. The van der Waals surface area contributed by atoms with E-state index in [0.29, 0.717) is 22.6 Å². The first-order chi connectivity index (χ1) is 13.3. The molecule has 0 aliphatic rings. The Morgan fingerprint density at radius 3 is 2.39 bits per heavy atom. The van der Waals surface area contributed by atoms with Crippen LogP contribution >= 0.6 is 0 Å². The molecule has 1 aromatic heterocycles. The van der Waals surface area contributed by atoms with E-state index in [-0.39, 0.29) is 16.2 Å². The average molecular weight is 403 g/mol. The van der Waals surface area contributed by atoms with Crippen LogP contribution in [0.2, 0.25) is 0 Å². The third-order valence-electron chi connectivity index (χ3n) is 4.10. The number of aromatic nitrogens is 2. The molecule has 0 radical (unpaired) electrons. The van der Waals surface area contributed by atoms with Gasteiger partial charge in [0.2, 0.25) is 0 Å². The number of aliphatic imine (C=N–C) groups is 1. The number of nitrogens with one attached hydrogen (secondary N) is 1. The normalized spacial score (nSPS) is 12.0. The van der Waals surface area contributed by atoms with Crippen LogP contribution in [0.4, 0.5) is 10.1 Å². The molecule has 2 N–H and O–H groups in total. The fraction of sp³-hybridized carbons (Fsp3) is 0.158. The predicted octanol–water partition coefficient (Wildman–Crippen LogP) is 2.13. The first-order valence-electron chi connectivity index (χ1n) is 8.37. The lowest BCUT2D eigenvalue weighted by Gasteiger charge is -2.02. The zero-order chi connectivity index (χ0) is 20.3. The van der Waals surface area contributed by atoms with Gasteiger partial charge >= 0.3 is 0 Å². The van der Waals surface area contributed by atoms with Crippen molar-refractivity contribution in [2.24, 2.45) is 4.99 Å². The van der Waals surface area contributed by atoms with Gasteiger partial charge in [-0.25, -0.2) is 17.5 Å². The highest BCUT2D eigenvalue weighted by Gasteiger charge is 2.13. The number of halogens is 1. The summed E-state index contributed by atoms with van der Waals surface area (Å²) in [6.07, 6.45) is 1.39. The number of hydrogen-bond acceptors (Lipinski definition) is 5. The van der Waals surface area contributed by atoms with Gasteiger partial charge in [0, 0.05) is 11.9 Å². The molecule has 2 aromatic carbocycles. The summed E-state index contributed by atoms with van der Waals surface area (Å²) < 4.78 is 38.2. The van der Waals surface area contributed by atoms with E-state index in [1.165, 1.54) is 59.4 Å². The Kier molecular flexibility index (Phi) is 5.57. The lowest BCUT2D eigenvalue weighted by atomic mass is 10.2. The molecule has 1 heterocycles. The molecule has 3 aromatic rings. The molecule has 7 nitrogen and oxygen atoms in total. The third kappa shape index (κ3) is 4.10. The average Bonchev–Trinajstić information content (AvgIpc) is 2.95. The molecule has 3 rings (SSSR count). The summed E-state index contributed by atoms with van der Waals surface area (Å²) in [4.78, 5) is 16.9. The van der Waals surface area contributed by atoms with Gasteiger partial charge in [-0.05, 0) is 55.5 Å². The summed E-state index contributed by atoms with van der Waals surface area (Å²) in [5.74, 6) is -0.743. The van der Waals surface area contributed by atoms with Crippen molar-refractivity contribution in [3.05, 3.63) is 76.0 Å². The Labute approximate surface area is 160 Å². The Morgan fingerprint density at radius 2 is 1.79 bits per heavy atom. The van der Waals surface area contributed by atoms with Crippen molar-refractivity contribution in [3.63, 3.8) is 0 Å². The summed E-state index contributed by atoms with van der Waals surface area (Å²) >= 11 is 0. The standard InChI is InChI=1S/C19H18FN3O4S/c1-13-18(19(25)23(22-13)16-6-2-14(20)3-7-16)12-21-15-4-8-17(9-5-15)28(26,27)11-10-24/h2-9,12,22,24H,10-11H2,1H3. The lowest BCUT2D eigenvalue weighted by molar-refractivity contribution is 0.319. The van der Waals surface area contributed by atoms with Crippen LogP contribution in [0.25, 0.3) is 5.69 Å². The van der Waals surface area contributed by atoms with E-state index < -0.39 is 22.3 Å². The minimum atomic E-state index is -3.52. The molecule has 0 fully saturated rings. The smallest absolute Gasteiger partial charge is 0.280 e. The van der Waals surface area contributed by atoms with Gasteiger partial charge in [0.1, 0.15) is 5.82 Å². The number of aliphatic hydroxyl groups is 1. The van der Waals surface area contributed by atoms with Gasteiger partial charge in [-0.15, -0.1) is 0 Å². The molecular formula is C19H18FN3O4S. The number of benzene rings is 2. The molecule has 28 heavy (non-hydrogen) atoms. The molecule has 0 aliphatic heterocycles. The van der Waals surface area contributed by atoms with Crippen molar-refractivity contribution in [1.29, 1.82) is 0 Å². The van der Waals surface area contributed by atoms with E-state index >= 15 is 0 Å². The van der Waals surface area contributed by atoms with E-state index in [2.05, 4.69) is 10.1 Å². The van der Waals surface area contributed by atoms with E-state index in [0.717, 1.165) is 0 Å². The number of aliphatic hydroxyl groups excluding tert-OH is 1. The van der Waals surface area contributed by atoms with Crippen LogP contribution in [-0.4, -0.2) is 41.9 Å². The van der Waals surface area contributed by atoms with Crippen molar-refractivity contribution in [2.45, 2.75) is 11.8 Å². The van der Waals surface area contributed by atoms with Gasteiger partial charge in [0.05, 0.1) is 34.2 Å². The van der Waals surface area contributed by atoms with Gasteiger partial charge in [-0.2, -0.15) is 0 Å². The molecule has 0 amide bonds. The molecule has 0 aliphatic carbocycles. The van der Waals surface area contributed by atoms with Crippen LogP contribution in [0, 0.1) is 12.7 Å². The van der Waals surface area contributed by atoms with Crippen molar-refractivity contribution in [2.75, 3.05) is 12.4 Å². The van der Waals surface area contributed by atoms with Crippen LogP contribution < -0.4 is 5.56 Å². The number of aryl methyl sites for hydroxylation is 1. The number of nitrogens with zero attached hydrogens (tertiary/aromatic N) is 2. The largest absolute Gasteiger partial charge is 0.395 e. The van der Waals surface area contributed by atoms with Crippen LogP contribution in [0.5, 0.6) is 0 Å². The second-order valence-electron chi connectivity index (χ2n) is 6.06. The highest BCUT2D eigenvalue weighted by atomic mass is 32.2. The molecule has 9 heteroatoms. The zero-order valence-electron chi connectivity index (χ0n) is 15.0. The number of rotatable bonds is 6. The van der Waals surface area contributed by atoms with Gasteiger partial charge in [-0.1, -0.05) is 0 Å². The quantitative estimate of drug-likeness (QED) is 0.615. The SMILES string of the molecule is Cc1[nH]n(-c2ccc(F)cc2)c(=O)c1C=Nc1ccc(S(=O)(=O)CCO)cc1. The van der Waals surface area contributed by atoms with Crippen LogP contribution in [-0.2, 0) is 9.84 Å². The molecule has 0 spiro atoms. The molecule has 0 bridgehead atoms. The van der Waals surface area contributed by atoms with Gasteiger partial charge < -0.3 is 5.11 Å². The Hall–Kier alpha value is -3.04. The summed E-state index contributed by atoms with van der Waals surface area (Å²) in [6.45, 7) is 1.27. The minimum absolute atomic E-state index is 0.0944. The Bertz CT molecular complexity index is 1160. The molecule has 0 saturated heterocycles. The number of hydrogen-bond donors (Lipinski definition) is 2. The summed E-state index contributed by atoms with van der Waals surface area (Å²) in [5.41, 5.74) is 1.54. The van der Waals surface area contributed by atoms with Crippen LogP contribution in [0.15, 0.2) is 63.2 Å². The third-order valence-corrected chi connectivity index (χ3v) is 5.81. The predicted molar refractivity (Wildman–Crippen MR) is 104 cm³/mol. The van der Waals surface area contributed by atoms with Gasteiger partial charge in [0.15, 0.2) is 9.84 Å². The van der Waals surface area contributed by atoms with E-state index in [9.17, 15) is 17.6 Å². The first-order valence-corrected chi connectivity index (χ1v) is 10.0. The maximum absolute atomic E-state index is 13.1. The van der Waals surface area contributed by atoms with Crippen molar-refractivity contribution < 1.29 is 17.9 Å². The molecule has 0 unspecified atom stereocenters. The van der Waals surface area contributed by atoms with Crippen molar-refractivity contribution in [3.8, 4) is 5.69 Å². The highest BCUT2D eigenvalue weighted by molar-refractivity contribution is 7.91. The molecule has 146 valence electrons. The monoisotopic (exact) mass is 403 g/mol. The van der Waals surface area contributed by atoms with Crippen LogP contribution in [0.1, 0.15) is 11.3 Å². The lowest BCUT2D eigenvalue weighted by Crippen LogP contribution is -2.17. The van der Waals surface area contributed by atoms with Gasteiger partial charge in [-0.3, -0.25) is 14.9 Å². The Morgan fingerprint density at radius 1 is 1.14 bits per heavy atom. The second-order valence-corrected chi connectivity index (χ2v) is 8.17. The second kappa shape index (κ2) is 7.91. The highest BCUT2D eigenvalue weighted by Crippen LogP contribution is 2.18. The topological polar surface area (TPSA) is 105 Å². The summed E-state index contributed by atoms with van der Waals surface area (Å²) in [6, 6.07) is 11.3. The number of H-pyrrole nitrogens is 1. The van der Waals surface area contributed by atoms with Crippen molar-refractivity contribution in [1.82, 2.24) is 9.78 Å².